The van der Waals surface area contributed by atoms with Gasteiger partial charge in [-0.05, 0) is 60.0 Å². The van der Waals surface area contributed by atoms with E-state index in [9.17, 15) is 0 Å². The molecule has 0 bridgehead atoms. The second kappa shape index (κ2) is 4.36. The van der Waals surface area contributed by atoms with Crippen molar-refractivity contribution in [2.45, 2.75) is 63.7 Å². The second-order valence-electron chi connectivity index (χ2n) is 7.58. The first-order valence-electron chi connectivity index (χ1n) is 8.36. The SMILES string of the molecule is CC1CCC(CC2CC23CCc2ccccc23)CC1. The zero-order chi connectivity index (χ0) is 12.9. The van der Waals surface area contributed by atoms with Gasteiger partial charge in [-0.15, -0.1) is 0 Å². The zero-order valence-electron chi connectivity index (χ0n) is 12.2. The third-order valence-corrected chi connectivity index (χ3v) is 6.38. The topological polar surface area (TPSA) is 0 Å². The van der Waals surface area contributed by atoms with Crippen molar-refractivity contribution in [3.63, 3.8) is 0 Å². The first-order chi connectivity index (χ1) is 9.28. The number of aryl methyl sites for hydroxylation is 1. The van der Waals surface area contributed by atoms with Crippen LogP contribution in [0.2, 0.25) is 0 Å². The molecule has 2 saturated carbocycles. The highest BCUT2D eigenvalue weighted by Gasteiger charge is 2.57. The van der Waals surface area contributed by atoms with Gasteiger partial charge in [-0.1, -0.05) is 56.9 Å². The van der Waals surface area contributed by atoms with Gasteiger partial charge in [0.25, 0.3) is 0 Å². The van der Waals surface area contributed by atoms with Gasteiger partial charge < -0.3 is 0 Å². The maximum absolute atomic E-state index is 2.43. The molecule has 1 spiro atoms. The molecule has 3 aliphatic rings. The van der Waals surface area contributed by atoms with Gasteiger partial charge in [-0.3, -0.25) is 0 Å². The second-order valence-corrected chi connectivity index (χ2v) is 7.58. The average molecular weight is 254 g/mol. The standard InChI is InChI=1S/C19H26/c1-14-6-8-15(9-7-14)12-17-13-19(17)11-10-16-4-2-3-5-18(16)19/h2-5,14-15,17H,6-13H2,1H3. The smallest absolute Gasteiger partial charge is 0.000950 e. The normalized spacial score (nSPS) is 40.4. The molecule has 2 unspecified atom stereocenters. The lowest BCUT2D eigenvalue weighted by atomic mass is 9.79. The summed E-state index contributed by atoms with van der Waals surface area (Å²) in [6, 6.07) is 9.26. The minimum atomic E-state index is 0.639. The Morgan fingerprint density at radius 2 is 1.89 bits per heavy atom. The van der Waals surface area contributed by atoms with E-state index in [4.69, 9.17) is 0 Å². The van der Waals surface area contributed by atoms with Crippen LogP contribution in [0, 0.1) is 17.8 Å². The molecule has 1 aromatic carbocycles. The van der Waals surface area contributed by atoms with Crippen molar-refractivity contribution in [1.29, 1.82) is 0 Å². The third kappa shape index (κ3) is 1.95. The molecule has 0 heterocycles. The lowest BCUT2D eigenvalue weighted by Crippen LogP contribution is -2.15. The highest BCUT2D eigenvalue weighted by molar-refractivity contribution is 5.44. The van der Waals surface area contributed by atoms with Gasteiger partial charge in [0, 0.05) is 0 Å². The van der Waals surface area contributed by atoms with Crippen LogP contribution in [0.4, 0.5) is 0 Å². The number of fused-ring (bicyclic) bond motifs is 2. The van der Waals surface area contributed by atoms with Crippen LogP contribution in [0.5, 0.6) is 0 Å². The summed E-state index contributed by atoms with van der Waals surface area (Å²) in [4.78, 5) is 0. The fraction of sp³-hybridized carbons (Fsp3) is 0.684. The molecular formula is C19H26. The molecule has 0 amide bonds. The highest BCUT2D eigenvalue weighted by atomic mass is 14.6. The van der Waals surface area contributed by atoms with Gasteiger partial charge in [0.1, 0.15) is 0 Å². The Labute approximate surface area is 117 Å². The van der Waals surface area contributed by atoms with E-state index in [0.29, 0.717) is 5.41 Å². The molecule has 19 heavy (non-hydrogen) atoms. The van der Waals surface area contributed by atoms with Crippen LogP contribution < -0.4 is 0 Å². The van der Waals surface area contributed by atoms with E-state index < -0.39 is 0 Å². The van der Waals surface area contributed by atoms with Gasteiger partial charge >= 0.3 is 0 Å². The third-order valence-electron chi connectivity index (χ3n) is 6.38. The summed E-state index contributed by atoms with van der Waals surface area (Å²) >= 11 is 0. The lowest BCUT2D eigenvalue weighted by Gasteiger charge is -2.26. The van der Waals surface area contributed by atoms with Gasteiger partial charge in [0.05, 0.1) is 0 Å². The van der Waals surface area contributed by atoms with Crippen LogP contribution in [0.25, 0.3) is 0 Å². The largest absolute Gasteiger partial charge is 0.0625 e. The molecule has 0 heteroatoms. The molecule has 4 rings (SSSR count). The Morgan fingerprint density at radius 1 is 1.11 bits per heavy atom. The van der Waals surface area contributed by atoms with E-state index in [1.807, 2.05) is 0 Å². The van der Waals surface area contributed by atoms with Gasteiger partial charge in [0.2, 0.25) is 0 Å². The number of rotatable bonds is 2. The summed E-state index contributed by atoms with van der Waals surface area (Å²) in [5.41, 5.74) is 4.02. The van der Waals surface area contributed by atoms with Crippen LogP contribution in [0.15, 0.2) is 24.3 Å². The molecule has 0 nitrogen and oxygen atoms in total. The predicted molar refractivity (Wildman–Crippen MR) is 80.3 cm³/mol. The van der Waals surface area contributed by atoms with Crippen molar-refractivity contribution in [3.8, 4) is 0 Å². The highest BCUT2D eigenvalue weighted by Crippen LogP contribution is 2.64. The molecule has 2 fully saturated rings. The molecule has 2 atom stereocenters. The first kappa shape index (κ1) is 12.0. The van der Waals surface area contributed by atoms with Crippen LogP contribution in [-0.2, 0) is 11.8 Å². The van der Waals surface area contributed by atoms with Gasteiger partial charge in [-0.25, -0.2) is 0 Å². The number of hydrogen-bond acceptors (Lipinski definition) is 0. The first-order valence-corrected chi connectivity index (χ1v) is 8.36. The molecule has 102 valence electrons. The Balaban J connectivity index is 1.44. The van der Waals surface area contributed by atoms with Crippen molar-refractivity contribution in [1.82, 2.24) is 0 Å². The summed E-state index contributed by atoms with van der Waals surface area (Å²) in [5, 5.41) is 0. The van der Waals surface area contributed by atoms with Crippen LogP contribution in [0.3, 0.4) is 0 Å². The minimum absolute atomic E-state index is 0.639. The van der Waals surface area contributed by atoms with E-state index in [1.54, 1.807) is 11.1 Å². The van der Waals surface area contributed by atoms with Gasteiger partial charge in [0.15, 0.2) is 0 Å². The summed E-state index contributed by atoms with van der Waals surface area (Å²) in [6.07, 6.45) is 11.8. The predicted octanol–water partition coefficient (Wildman–Crippen LogP) is 5.11. The van der Waals surface area contributed by atoms with Gasteiger partial charge in [-0.2, -0.15) is 0 Å². The summed E-state index contributed by atoms with van der Waals surface area (Å²) in [5.74, 6) is 3.07. The summed E-state index contributed by atoms with van der Waals surface area (Å²) < 4.78 is 0. The lowest BCUT2D eigenvalue weighted by molar-refractivity contribution is 0.263. The molecule has 3 aliphatic carbocycles. The Hall–Kier alpha value is -0.780. The molecule has 0 radical (unpaired) electrons. The quantitative estimate of drug-likeness (QED) is 0.688. The Morgan fingerprint density at radius 3 is 2.74 bits per heavy atom. The maximum atomic E-state index is 2.43. The van der Waals surface area contributed by atoms with Crippen molar-refractivity contribution in [3.05, 3.63) is 35.4 Å². The summed E-state index contributed by atoms with van der Waals surface area (Å²) in [6.45, 7) is 2.43. The van der Waals surface area contributed by atoms with Crippen molar-refractivity contribution in [2.24, 2.45) is 17.8 Å². The Bertz CT molecular complexity index is 467. The van der Waals surface area contributed by atoms with Crippen LogP contribution in [0.1, 0.15) is 63.0 Å². The maximum Gasteiger partial charge on any atom is -0.000950 e. The van der Waals surface area contributed by atoms with E-state index in [1.165, 1.54) is 51.4 Å². The van der Waals surface area contributed by atoms with Crippen LogP contribution in [-0.4, -0.2) is 0 Å². The monoisotopic (exact) mass is 254 g/mol. The average Bonchev–Trinajstić information content (AvgIpc) is 3.00. The van der Waals surface area contributed by atoms with E-state index in [2.05, 4.69) is 31.2 Å². The summed E-state index contributed by atoms with van der Waals surface area (Å²) in [7, 11) is 0. The van der Waals surface area contributed by atoms with E-state index in [0.717, 1.165) is 17.8 Å². The molecular weight excluding hydrogens is 228 g/mol. The fourth-order valence-corrected chi connectivity index (χ4v) is 5.01. The molecule has 0 saturated heterocycles. The molecule has 1 aromatic rings. The molecule has 0 aromatic heterocycles. The van der Waals surface area contributed by atoms with Crippen molar-refractivity contribution in [2.75, 3.05) is 0 Å². The number of hydrogen-bond donors (Lipinski definition) is 0. The number of benzene rings is 1. The van der Waals surface area contributed by atoms with Crippen molar-refractivity contribution < 1.29 is 0 Å². The molecule has 0 N–H and O–H groups in total. The fourth-order valence-electron chi connectivity index (χ4n) is 5.01. The zero-order valence-corrected chi connectivity index (χ0v) is 12.2. The Kier molecular flexibility index (Phi) is 2.76. The minimum Gasteiger partial charge on any atom is -0.0625 e. The van der Waals surface area contributed by atoms with Crippen LogP contribution >= 0.6 is 0 Å². The van der Waals surface area contributed by atoms with E-state index >= 15 is 0 Å². The van der Waals surface area contributed by atoms with Crippen molar-refractivity contribution >= 4 is 0 Å². The molecule has 0 aliphatic heterocycles. The van der Waals surface area contributed by atoms with E-state index in [-0.39, 0.29) is 0 Å².